The molecule has 0 spiro atoms. The van der Waals surface area contributed by atoms with E-state index >= 15 is 0 Å². The predicted octanol–water partition coefficient (Wildman–Crippen LogP) is 4.47. The third kappa shape index (κ3) is 4.04. The number of rotatable bonds is 6. The van der Waals surface area contributed by atoms with E-state index in [0.717, 1.165) is 0 Å². The van der Waals surface area contributed by atoms with Crippen molar-refractivity contribution in [1.82, 2.24) is 0 Å². The molecule has 0 radical (unpaired) electrons. The lowest BCUT2D eigenvalue weighted by Gasteiger charge is -2.26. The Kier molecular flexibility index (Phi) is 6.04. The van der Waals surface area contributed by atoms with Crippen LogP contribution in [0, 0.1) is 0 Å². The first kappa shape index (κ1) is 23.9. The van der Waals surface area contributed by atoms with Gasteiger partial charge in [-0.25, -0.2) is 4.79 Å². The Morgan fingerprint density at radius 1 is 0.919 bits per heavy atom. The minimum atomic E-state index is -1.05. The van der Waals surface area contributed by atoms with Gasteiger partial charge < -0.3 is 28.8 Å². The van der Waals surface area contributed by atoms with Gasteiger partial charge in [0.2, 0.25) is 11.5 Å². The maximum absolute atomic E-state index is 13.3. The number of carboxylic acids is 1. The van der Waals surface area contributed by atoms with E-state index in [0.29, 0.717) is 51.0 Å². The van der Waals surface area contributed by atoms with E-state index < -0.39 is 17.9 Å². The minimum Gasteiger partial charge on any atom is -0.493 e. The number of aromatic carboxylic acids is 1. The van der Waals surface area contributed by atoms with E-state index in [-0.39, 0.29) is 23.5 Å². The Hall–Kier alpha value is -4.79. The van der Waals surface area contributed by atoms with Gasteiger partial charge in [-0.3, -0.25) is 9.59 Å². The average Bonchev–Trinajstić information content (AvgIpc) is 3.22. The second-order valence-electron chi connectivity index (χ2n) is 8.38. The number of methoxy groups -OCH3 is 3. The third-order valence-corrected chi connectivity index (χ3v) is 6.36. The van der Waals surface area contributed by atoms with E-state index in [1.54, 1.807) is 42.5 Å². The lowest BCUT2D eigenvalue weighted by molar-refractivity contribution is -0.135. The molecule has 9 heteroatoms. The number of ether oxygens (including phenoxy) is 5. The van der Waals surface area contributed by atoms with Crippen LogP contribution in [0.4, 0.5) is 0 Å². The molecule has 1 N–H and O–H groups in total. The molecule has 2 aliphatic rings. The van der Waals surface area contributed by atoms with Crippen molar-refractivity contribution in [2.45, 2.75) is 12.3 Å². The van der Waals surface area contributed by atoms with E-state index in [1.807, 2.05) is 0 Å². The number of fused-ring (bicyclic) bond motifs is 3. The molecule has 2 heterocycles. The Morgan fingerprint density at radius 3 is 2.30 bits per heavy atom. The number of benzene rings is 3. The van der Waals surface area contributed by atoms with Crippen LogP contribution in [0.25, 0.3) is 6.08 Å². The fraction of sp³-hybridized carbons (Fsp3) is 0.179. The highest BCUT2D eigenvalue weighted by atomic mass is 16.5. The Balaban J connectivity index is 1.59. The van der Waals surface area contributed by atoms with Crippen LogP contribution < -0.4 is 23.7 Å². The van der Waals surface area contributed by atoms with Gasteiger partial charge in [0.1, 0.15) is 11.5 Å². The summed E-state index contributed by atoms with van der Waals surface area (Å²) in [7, 11) is 4.48. The van der Waals surface area contributed by atoms with Crippen molar-refractivity contribution in [2.24, 2.45) is 0 Å². The van der Waals surface area contributed by atoms with Gasteiger partial charge in [-0.05, 0) is 48.0 Å². The number of allylic oxidation sites excluding steroid dienone is 1. The van der Waals surface area contributed by atoms with Gasteiger partial charge in [0.25, 0.3) is 0 Å². The molecule has 5 rings (SSSR count). The van der Waals surface area contributed by atoms with Gasteiger partial charge in [-0.15, -0.1) is 0 Å². The van der Waals surface area contributed by atoms with Crippen LogP contribution >= 0.6 is 0 Å². The molecular weight excluding hydrogens is 480 g/mol. The van der Waals surface area contributed by atoms with Gasteiger partial charge in [0.05, 0.1) is 38.9 Å². The molecule has 0 unspecified atom stereocenters. The van der Waals surface area contributed by atoms with Gasteiger partial charge in [-0.2, -0.15) is 0 Å². The summed E-state index contributed by atoms with van der Waals surface area (Å²) in [5.74, 6) is -0.455. The molecule has 9 nitrogen and oxygen atoms in total. The number of carbonyl (C=O) groups is 3. The van der Waals surface area contributed by atoms with Crippen LogP contribution in [-0.2, 0) is 4.79 Å². The largest absolute Gasteiger partial charge is 0.493 e. The van der Waals surface area contributed by atoms with Gasteiger partial charge in [0.15, 0.2) is 17.3 Å². The average molecular weight is 502 g/mol. The summed E-state index contributed by atoms with van der Waals surface area (Å²) in [5.41, 5.74) is 2.25. The summed E-state index contributed by atoms with van der Waals surface area (Å²) in [6, 6.07) is 12.8. The molecule has 0 bridgehead atoms. The molecule has 0 aromatic heterocycles. The van der Waals surface area contributed by atoms with Crippen LogP contribution in [0.2, 0.25) is 0 Å². The van der Waals surface area contributed by atoms with Crippen LogP contribution in [-0.4, -0.2) is 44.2 Å². The molecule has 1 atom stereocenters. The molecule has 0 amide bonds. The number of carbonyl (C=O) groups excluding carboxylic acids is 2. The fourth-order valence-corrected chi connectivity index (χ4v) is 4.63. The van der Waals surface area contributed by atoms with E-state index in [9.17, 15) is 19.5 Å². The molecule has 2 aliphatic heterocycles. The van der Waals surface area contributed by atoms with Gasteiger partial charge >= 0.3 is 11.9 Å². The van der Waals surface area contributed by atoms with Crippen molar-refractivity contribution in [3.63, 3.8) is 0 Å². The van der Waals surface area contributed by atoms with Crippen molar-refractivity contribution in [3.8, 4) is 28.7 Å². The highest BCUT2D eigenvalue weighted by molar-refractivity contribution is 6.15. The summed E-state index contributed by atoms with van der Waals surface area (Å²) in [6.45, 7) is 0. The number of esters is 1. The normalized spacial score (nSPS) is 16.9. The van der Waals surface area contributed by atoms with Crippen molar-refractivity contribution in [3.05, 3.63) is 82.1 Å². The van der Waals surface area contributed by atoms with Crippen molar-refractivity contribution < 1.29 is 43.2 Å². The standard InChI is InChI=1S/C28H22O9/c1-33-20-10-8-16(25(34-2)27(20)35-3)12-21-24(30)17-9-11-19-23(26(17)37-21)18(13-22(29)36-19)14-4-6-15(7-5-14)28(31)32/h4-12,18H,13H2,1-3H3,(H,31,32)/b21-12-/t18-/m1/s1. The molecule has 37 heavy (non-hydrogen) atoms. The summed E-state index contributed by atoms with van der Waals surface area (Å²) >= 11 is 0. The van der Waals surface area contributed by atoms with Crippen LogP contribution in [0.5, 0.6) is 28.7 Å². The minimum absolute atomic E-state index is 0.00989. The fourth-order valence-electron chi connectivity index (χ4n) is 4.63. The first-order chi connectivity index (χ1) is 17.9. The molecule has 0 aliphatic carbocycles. The SMILES string of the molecule is COc1ccc(/C=C2\Oc3c(ccc4c3[C@@H](c3ccc(C(=O)O)cc3)CC(=O)O4)C2=O)c(OC)c1OC. The molecule has 188 valence electrons. The first-order valence-electron chi connectivity index (χ1n) is 11.3. The maximum atomic E-state index is 13.3. The first-order valence-corrected chi connectivity index (χ1v) is 11.3. The summed E-state index contributed by atoms with van der Waals surface area (Å²) in [4.78, 5) is 37.0. The van der Waals surface area contributed by atoms with E-state index in [1.165, 1.54) is 33.5 Å². The molecule has 0 saturated heterocycles. The number of hydrogen-bond acceptors (Lipinski definition) is 8. The Labute approximate surface area is 211 Å². The highest BCUT2D eigenvalue weighted by Crippen LogP contribution is 2.49. The zero-order valence-electron chi connectivity index (χ0n) is 20.2. The van der Waals surface area contributed by atoms with E-state index in [4.69, 9.17) is 23.7 Å². The molecule has 3 aromatic rings. The zero-order valence-corrected chi connectivity index (χ0v) is 20.2. The van der Waals surface area contributed by atoms with Crippen LogP contribution in [0.1, 0.15) is 49.7 Å². The molecule has 0 fully saturated rings. The maximum Gasteiger partial charge on any atom is 0.335 e. The second kappa shape index (κ2) is 9.34. The number of carboxylic acid groups (broad SMARTS) is 1. The Morgan fingerprint density at radius 2 is 1.65 bits per heavy atom. The number of ketones is 1. The lowest BCUT2D eigenvalue weighted by Crippen LogP contribution is -2.21. The Bertz CT molecular complexity index is 1470. The van der Waals surface area contributed by atoms with Crippen LogP contribution in [0.3, 0.4) is 0 Å². The highest BCUT2D eigenvalue weighted by Gasteiger charge is 2.38. The smallest absolute Gasteiger partial charge is 0.335 e. The number of Topliss-reactive ketones (excluding diaryl/α,β-unsaturated/α-hetero) is 1. The van der Waals surface area contributed by atoms with Crippen molar-refractivity contribution in [1.29, 1.82) is 0 Å². The topological polar surface area (TPSA) is 118 Å². The van der Waals surface area contributed by atoms with Crippen molar-refractivity contribution >= 4 is 23.8 Å². The van der Waals surface area contributed by atoms with Crippen molar-refractivity contribution in [2.75, 3.05) is 21.3 Å². The lowest BCUT2D eigenvalue weighted by atomic mass is 9.84. The summed E-state index contributed by atoms with van der Waals surface area (Å²) in [6.07, 6.45) is 1.57. The van der Waals surface area contributed by atoms with E-state index in [2.05, 4.69) is 0 Å². The number of hydrogen-bond donors (Lipinski definition) is 1. The second-order valence-corrected chi connectivity index (χ2v) is 8.38. The monoisotopic (exact) mass is 502 g/mol. The summed E-state index contributed by atoms with van der Waals surface area (Å²) < 4.78 is 27.8. The van der Waals surface area contributed by atoms with Crippen LogP contribution in [0.15, 0.2) is 54.3 Å². The quantitative estimate of drug-likeness (QED) is 0.296. The zero-order chi connectivity index (χ0) is 26.3. The molecular formula is C28H22O9. The summed E-state index contributed by atoms with van der Waals surface area (Å²) in [5, 5.41) is 9.23. The molecule has 0 saturated carbocycles. The van der Waals surface area contributed by atoms with Gasteiger partial charge in [-0.1, -0.05) is 12.1 Å². The molecule has 3 aromatic carbocycles. The third-order valence-electron chi connectivity index (χ3n) is 6.36. The van der Waals surface area contributed by atoms with Gasteiger partial charge in [0, 0.05) is 17.0 Å². The predicted molar refractivity (Wildman–Crippen MR) is 131 cm³/mol.